The summed E-state index contributed by atoms with van der Waals surface area (Å²) in [5, 5.41) is 3.85. The second kappa shape index (κ2) is 10.8. The van der Waals surface area contributed by atoms with Crippen LogP contribution in [-0.4, -0.2) is 43.4 Å². The molecule has 1 fully saturated rings. The number of aromatic nitrogens is 1. The van der Waals surface area contributed by atoms with Gasteiger partial charge < -0.3 is 9.42 Å². The molecule has 9 heteroatoms. The topological polar surface area (TPSA) is 83.7 Å². The minimum absolute atomic E-state index is 0.0270. The number of hydrogen-bond donors (Lipinski definition) is 0. The summed E-state index contributed by atoms with van der Waals surface area (Å²) in [6.07, 6.45) is 4.04. The van der Waals surface area contributed by atoms with E-state index in [0.29, 0.717) is 31.5 Å². The molecule has 1 atom stereocenters. The van der Waals surface area contributed by atoms with Crippen LogP contribution >= 0.6 is 0 Å². The Kier molecular flexibility index (Phi) is 7.70. The van der Waals surface area contributed by atoms with Crippen LogP contribution in [-0.2, 0) is 14.8 Å². The van der Waals surface area contributed by atoms with Gasteiger partial charge in [0.1, 0.15) is 11.5 Å². The molecule has 0 saturated carbocycles. The monoisotopic (exact) mass is 511 g/mol. The van der Waals surface area contributed by atoms with Crippen molar-refractivity contribution in [3.63, 3.8) is 0 Å². The number of piperidine rings is 1. The Morgan fingerprint density at radius 1 is 1.19 bits per heavy atom. The molecule has 1 aliphatic rings. The Hall–Kier alpha value is -3.30. The molecule has 1 saturated heterocycles. The minimum Gasteiger partial charge on any atom is -0.355 e. The first kappa shape index (κ1) is 25.8. The number of anilines is 1. The molecule has 0 N–H and O–H groups in total. The number of halogens is 1. The lowest BCUT2D eigenvalue weighted by atomic mass is 9.97. The van der Waals surface area contributed by atoms with E-state index < -0.39 is 21.8 Å². The van der Waals surface area contributed by atoms with Crippen LogP contribution in [0.3, 0.4) is 0 Å². The molecule has 1 amide bonds. The number of carbonyl (C=O) groups excluding carboxylic acids is 1. The molecule has 0 aliphatic carbocycles. The molecular weight excluding hydrogens is 481 g/mol. The van der Waals surface area contributed by atoms with Crippen molar-refractivity contribution in [2.24, 2.45) is 5.92 Å². The molecule has 0 radical (unpaired) electrons. The maximum Gasteiger partial charge on any atom is 0.248 e. The van der Waals surface area contributed by atoms with E-state index in [1.54, 1.807) is 30.0 Å². The summed E-state index contributed by atoms with van der Waals surface area (Å²) in [6.45, 7) is 6.29. The molecule has 36 heavy (non-hydrogen) atoms. The van der Waals surface area contributed by atoms with Gasteiger partial charge in [-0.1, -0.05) is 35.5 Å². The molecule has 190 valence electrons. The summed E-state index contributed by atoms with van der Waals surface area (Å²) in [7, 11) is -4.00. The predicted molar refractivity (Wildman–Crippen MR) is 137 cm³/mol. The van der Waals surface area contributed by atoms with Crippen molar-refractivity contribution < 1.29 is 22.1 Å². The number of rotatable bonds is 7. The van der Waals surface area contributed by atoms with Gasteiger partial charge in [0, 0.05) is 30.9 Å². The minimum atomic E-state index is -4.00. The zero-order valence-electron chi connectivity index (χ0n) is 20.6. The first-order chi connectivity index (χ1) is 17.2. The van der Waals surface area contributed by atoms with Crippen molar-refractivity contribution in [3.8, 4) is 0 Å². The van der Waals surface area contributed by atoms with Gasteiger partial charge in [-0.15, -0.1) is 0 Å². The van der Waals surface area contributed by atoms with Crippen molar-refractivity contribution in [2.45, 2.75) is 38.5 Å². The zero-order valence-corrected chi connectivity index (χ0v) is 21.5. The Morgan fingerprint density at radius 3 is 2.69 bits per heavy atom. The summed E-state index contributed by atoms with van der Waals surface area (Å²) < 4.78 is 48.0. The lowest BCUT2D eigenvalue weighted by Crippen LogP contribution is -2.47. The van der Waals surface area contributed by atoms with E-state index in [1.165, 1.54) is 22.5 Å². The van der Waals surface area contributed by atoms with Gasteiger partial charge in [0.15, 0.2) is 10.7 Å². The number of amides is 1. The number of aryl methyl sites for hydroxylation is 2. The molecule has 3 aromatic rings. The van der Waals surface area contributed by atoms with E-state index in [9.17, 15) is 17.6 Å². The van der Waals surface area contributed by atoms with Crippen LogP contribution in [0.15, 0.2) is 57.9 Å². The lowest BCUT2D eigenvalue weighted by Gasteiger charge is -2.34. The largest absolute Gasteiger partial charge is 0.355 e. The summed E-state index contributed by atoms with van der Waals surface area (Å²) in [6, 6.07) is 13.9. The first-order valence-corrected chi connectivity index (χ1v) is 13.4. The third kappa shape index (κ3) is 5.27. The average molecular weight is 512 g/mol. The van der Waals surface area contributed by atoms with Crippen molar-refractivity contribution in [2.75, 3.05) is 24.5 Å². The van der Waals surface area contributed by atoms with Crippen LogP contribution in [0, 0.1) is 25.6 Å². The molecule has 7 nitrogen and oxygen atoms in total. The van der Waals surface area contributed by atoms with E-state index >= 15 is 0 Å². The molecule has 2 heterocycles. The number of nitrogens with zero attached hydrogens (tertiary/aromatic N) is 3. The summed E-state index contributed by atoms with van der Waals surface area (Å²) >= 11 is 0. The molecule has 0 spiro atoms. The number of benzene rings is 2. The molecule has 0 bridgehead atoms. The normalized spacial score (nSPS) is 16.9. The van der Waals surface area contributed by atoms with Crippen LogP contribution in [0.1, 0.15) is 42.3 Å². The maximum absolute atomic E-state index is 14.0. The van der Waals surface area contributed by atoms with E-state index in [-0.39, 0.29) is 28.8 Å². The molecular formula is C27H30FN3O4S. The standard InChI is InChI=1S/C27H30FN3O4S/c1-4-31(23-12-7-9-19(2)17-23)27(32)22-11-8-16-30(18-22)36(33,34)26-20(3)29-35-25(26)15-14-21-10-5-6-13-24(21)28/h5-7,9-10,12-15,17,22H,4,8,11,16,18H2,1-3H3/b15-14+/t22-/m0/s1. The third-order valence-corrected chi connectivity index (χ3v) is 8.40. The third-order valence-electron chi connectivity index (χ3n) is 6.38. The second-order valence-corrected chi connectivity index (χ2v) is 10.8. The van der Waals surface area contributed by atoms with Gasteiger partial charge in [0.05, 0.1) is 5.92 Å². The van der Waals surface area contributed by atoms with E-state index in [0.717, 1.165) is 11.3 Å². The van der Waals surface area contributed by atoms with Crippen molar-refractivity contribution in [3.05, 3.63) is 76.9 Å². The predicted octanol–water partition coefficient (Wildman–Crippen LogP) is 5.05. The summed E-state index contributed by atoms with van der Waals surface area (Å²) in [5.74, 6) is -0.962. The second-order valence-electron chi connectivity index (χ2n) is 8.94. The molecule has 1 aliphatic heterocycles. The highest BCUT2D eigenvalue weighted by Crippen LogP contribution is 2.31. The van der Waals surface area contributed by atoms with Crippen molar-refractivity contribution >= 4 is 33.8 Å². The van der Waals surface area contributed by atoms with Gasteiger partial charge in [-0.05, 0) is 69.5 Å². The number of sulfonamides is 1. The smallest absolute Gasteiger partial charge is 0.248 e. The highest BCUT2D eigenvalue weighted by atomic mass is 32.2. The van der Waals surface area contributed by atoms with Crippen LogP contribution in [0.5, 0.6) is 0 Å². The van der Waals surface area contributed by atoms with Crippen LogP contribution in [0.2, 0.25) is 0 Å². The molecule has 0 unspecified atom stereocenters. The Morgan fingerprint density at radius 2 is 1.97 bits per heavy atom. The quantitative estimate of drug-likeness (QED) is 0.443. The summed E-state index contributed by atoms with van der Waals surface area (Å²) in [5.41, 5.74) is 2.37. The fourth-order valence-corrected chi connectivity index (χ4v) is 6.32. The van der Waals surface area contributed by atoms with Gasteiger partial charge in [-0.2, -0.15) is 4.31 Å². The fraction of sp³-hybridized carbons (Fsp3) is 0.333. The fourth-order valence-electron chi connectivity index (χ4n) is 4.55. The maximum atomic E-state index is 14.0. The van der Waals surface area contributed by atoms with Crippen LogP contribution in [0.25, 0.3) is 12.2 Å². The molecule has 4 rings (SSSR count). The molecule has 1 aromatic heterocycles. The van der Waals surface area contributed by atoms with Crippen molar-refractivity contribution in [1.29, 1.82) is 0 Å². The zero-order chi connectivity index (χ0) is 25.9. The van der Waals surface area contributed by atoms with E-state index in [1.807, 2.05) is 38.1 Å². The number of hydrogen-bond acceptors (Lipinski definition) is 5. The van der Waals surface area contributed by atoms with Gasteiger partial charge in [0.2, 0.25) is 15.9 Å². The highest BCUT2D eigenvalue weighted by Gasteiger charge is 2.38. The van der Waals surface area contributed by atoms with E-state index in [2.05, 4.69) is 5.16 Å². The van der Waals surface area contributed by atoms with Gasteiger partial charge >= 0.3 is 0 Å². The Bertz CT molecular complexity index is 1380. The van der Waals surface area contributed by atoms with Gasteiger partial charge in [-0.3, -0.25) is 4.79 Å². The number of carbonyl (C=O) groups is 1. The Balaban J connectivity index is 1.58. The molecule has 2 aromatic carbocycles. The lowest BCUT2D eigenvalue weighted by molar-refractivity contribution is -0.123. The first-order valence-electron chi connectivity index (χ1n) is 12.0. The SMILES string of the molecule is CCN(C(=O)[C@H]1CCCN(S(=O)(=O)c2c(C)noc2/C=C/c2ccccc2F)C1)c1cccc(C)c1. The van der Waals surface area contributed by atoms with Gasteiger partial charge in [0.25, 0.3) is 0 Å². The van der Waals surface area contributed by atoms with Crippen molar-refractivity contribution in [1.82, 2.24) is 9.46 Å². The Labute approximate surface area is 211 Å². The van der Waals surface area contributed by atoms with Gasteiger partial charge in [-0.25, -0.2) is 12.8 Å². The van der Waals surface area contributed by atoms with Crippen LogP contribution < -0.4 is 4.90 Å². The average Bonchev–Trinajstić information content (AvgIpc) is 3.25. The summed E-state index contributed by atoms with van der Waals surface area (Å²) in [4.78, 5) is 15.1. The van der Waals surface area contributed by atoms with E-state index in [4.69, 9.17) is 4.52 Å². The highest BCUT2D eigenvalue weighted by molar-refractivity contribution is 7.89. The van der Waals surface area contributed by atoms with Crippen LogP contribution in [0.4, 0.5) is 10.1 Å².